The summed E-state index contributed by atoms with van der Waals surface area (Å²) in [7, 11) is 1.58. The fourth-order valence-corrected chi connectivity index (χ4v) is 0.908. The highest BCUT2D eigenvalue weighted by Crippen LogP contribution is 2.17. The van der Waals surface area contributed by atoms with Crippen molar-refractivity contribution in [1.29, 1.82) is 0 Å². The topological polar surface area (TPSA) is 42.2 Å². The molecule has 66 valence electrons. The van der Waals surface area contributed by atoms with E-state index < -0.39 is 0 Å². The van der Waals surface area contributed by atoms with Crippen LogP contribution in [0, 0.1) is 0 Å². The second kappa shape index (κ2) is 3.43. The van der Waals surface area contributed by atoms with Crippen molar-refractivity contribution in [3.8, 4) is 0 Å². The molecule has 0 unspecified atom stereocenters. The van der Waals surface area contributed by atoms with E-state index in [0.29, 0.717) is 11.7 Å². The van der Waals surface area contributed by atoms with E-state index in [-0.39, 0.29) is 5.91 Å². The van der Waals surface area contributed by atoms with E-state index in [4.69, 9.17) is 4.42 Å². The number of hydrogen-bond donors (Lipinski definition) is 1. The van der Waals surface area contributed by atoms with Crippen LogP contribution in [0.2, 0.25) is 0 Å². The zero-order valence-electron chi connectivity index (χ0n) is 7.55. The van der Waals surface area contributed by atoms with E-state index in [0.717, 1.165) is 5.76 Å². The summed E-state index contributed by atoms with van der Waals surface area (Å²) in [5, 5.41) is 2.50. The Kier molecular flexibility index (Phi) is 2.53. The van der Waals surface area contributed by atoms with Gasteiger partial charge in [-0.1, -0.05) is 13.8 Å². The molecule has 0 bridgehead atoms. The van der Waals surface area contributed by atoms with Crippen LogP contribution in [-0.4, -0.2) is 13.0 Å². The molecule has 1 heterocycles. The minimum atomic E-state index is -0.179. The van der Waals surface area contributed by atoms with Crippen molar-refractivity contribution in [2.45, 2.75) is 19.8 Å². The molecule has 1 amide bonds. The lowest BCUT2D eigenvalue weighted by Crippen LogP contribution is -2.16. The Labute approximate surface area is 71.8 Å². The molecule has 0 aliphatic rings. The molecule has 1 aromatic heterocycles. The predicted molar refractivity (Wildman–Crippen MR) is 46.2 cm³/mol. The van der Waals surface area contributed by atoms with Gasteiger partial charge in [0.15, 0.2) is 5.76 Å². The largest absolute Gasteiger partial charge is 0.456 e. The van der Waals surface area contributed by atoms with Gasteiger partial charge in [0, 0.05) is 13.0 Å². The molecule has 3 heteroatoms. The maximum atomic E-state index is 11.0. The lowest BCUT2D eigenvalue weighted by Gasteiger charge is -1.98. The first-order valence-electron chi connectivity index (χ1n) is 3.97. The number of nitrogens with one attached hydrogen (secondary N) is 1. The van der Waals surface area contributed by atoms with E-state index >= 15 is 0 Å². The smallest absolute Gasteiger partial charge is 0.286 e. The van der Waals surface area contributed by atoms with E-state index in [9.17, 15) is 4.79 Å². The lowest BCUT2D eigenvalue weighted by atomic mass is 10.2. The Balaban J connectivity index is 2.84. The highest BCUT2D eigenvalue weighted by molar-refractivity contribution is 5.91. The average molecular weight is 167 g/mol. The van der Waals surface area contributed by atoms with Gasteiger partial charge in [0.25, 0.3) is 5.91 Å². The minimum Gasteiger partial charge on any atom is -0.456 e. The molecule has 0 atom stereocenters. The quantitative estimate of drug-likeness (QED) is 0.729. The molecule has 0 aliphatic carbocycles. The standard InChI is InChI=1S/C9H13NO2/c1-6(2)7-4-5-8(12-7)9(11)10-3/h4-6H,1-3H3,(H,10,11). The van der Waals surface area contributed by atoms with Crippen molar-refractivity contribution < 1.29 is 9.21 Å². The Morgan fingerprint density at radius 1 is 1.50 bits per heavy atom. The van der Waals surface area contributed by atoms with Crippen LogP contribution in [0.15, 0.2) is 16.5 Å². The molecular formula is C9H13NO2. The number of hydrogen-bond acceptors (Lipinski definition) is 2. The summed E-state index contributed by atoms with van der Waals surface area (Å²) in [6.07, 6.45) is 0. The molecule has 0 saturated heterocycles. The Hall–Kier alpha value is -1.25. The lowest BCUT2D eigenvalue weighted by molar-refractivity contribution is 0.0933. The van der Waals surface area contributed by atoms with Crippen LogP contribution < -0.4 is 5.32 Å². The second-order valence-corrected chi connectivity index (χ2v) is 2.94. The number of amides is 1. The maximum Gasteiger partial charge on any atom is 0.286 e. The fourth-order valence-electron chi connectivity index (χ4n) is 0.908. The fraction of sp³-hybridized carbons (Fsp3) is 0.444. The normalized spacial score (nSPS) is 10.3. The van der Waals surface area contributed by atoms with Gasteiger partial charge < -0.3 is 9.73 Å². The Morgan fingerprint density at radius 3 is 2.58 bits per heavy atom. The highest BCUT2D eigenvalue weighted by atomic mass is 16.4. The molecule has 0 saturated carbocycles. The Morgan fingerprint density at radius 2 is 2.17 bits per heavy atom. The summed E-state index contributed by atoms with van der Waals surface area (Å²) in [6, 6.07) is 3.52. The third-order valence-corrected chi connectivity index (χ3v) is 1.65. The van der Waals surface area contributed by atoms with Crippen molar-refractivity contribution in [2.75, 3.05) is 7.05 Å². The number of furan rings is 1. The minimum absolute atomic E-state index is 0.179. The third kappa shape index (κ3) is 1.67. The van der Waals surface area contributed by atoms with E-state index in [2.05, 4.69) is 5.32 Å². The molecule has 1 aromatic rings. The summed E-state index contributed by atoms with van der Waals surface area (Å²) < 4.78 is 5.29. The van der Waals surface area contributed by atoms with Crippen LogP contribution >= 0.6 is 0 Å². The van der Waals surface area contributed by atoms with Crippen LogP contribution in [0.1, 0.15) is 36.1 Å². The molecule has 0 spiro atoms. The van der Waals surface area contributed by atoms with Gasteiger partial charge in [-0.2, -0.15) is 0 Å². The van der Waals surface area contributed by atoms with Crippen molar-refractivity contribution in [1.82, 2.24) is 5.32 Å². The maximum absolute atomic E-state index is 11.0. The SMILES string of the molecule is CNC(=O)c1ccc(C(C)C)o1. The van der Waals surface area contributed by atoms with Crippen LogP contribution in [0.4, 0.5) is 0 Å². The van der Waals surface area contributed by atoms with Gasteiger partial charge >= 0.3 is 0 Å². The van der Waals surface area contributed by atoms with Crippen molar-refractivity contribution in [3.63, 3.8) is 0 Å². The van der Waals surface area contributed by atoms with Gasteiger partial charge in [-0.3, -0.25) is 4.79 Å². The predicted octanol–water partition coefficient (Wildman–Crippen LogP) is 1.76. The van der Waals surface area contributed by atoms with Gasteiger partial charge in [0.2, 0.25) is 0 Å². The van der Waals surface area contributed by atoms with Crippen LogP contribution in [-0.2, 0) is 0 Å². The first-order valence-corrected chi connectivity index (χ1v) is 3.97. The zero-order chi connectivity index (χ0) is 9.14. The molecule has 3 nitrogen and oxygen atoms in total. The van der Waals surface area contributed by atoms with Gasteiger partial charge in [-0.15, -0.1) is 0 Å². The van der Waals surface area contributed by atoms with Crippen molar-refractivity contribution in [2.24, 2.45) is 0 Å². The molecule has 0 radical (unpaired) electrons. The second-order valence-electron chi connectivity index (χ2n) is 2.94. The molecular weight excluding hydrogens is 154 g/mol. The molecule has 0 fully saturated rings. The summed E-state index contributed by atoms with van der Waals surface area (Å²) in [5.74, 6) is 1.36. The molecule has 12 heavy (non-hydrogen) atoms. The van der Waals surface area contributed by atoms with Crippen molar-refractivity contribution in [3.05, 3.63) is 23.7 Å². The van der Waals surface area contributed by atoms with Crippen molar-refractivity contribution >= 4 is 5.91 Å². The molecule has 1 N–H and O–H groups in total. The first-order chi connectivity index (χ1) is 5.65. The molecule has 1 rings (SSSR count). The summed E-state index contributed by atoms with van der Waals surface area (Å²) in [4.78, 5) is 11.0. The average Bonchev–Trinajstić information content (AvgIpc) is 2.51. The number of carbonyl (C=O) groups excluding carboxylic acids is 1. The van der Waals surface area contributed by atoms with Gasteiger partial charge in [0.1, 0.15) is 5.76 Å². The van der Waals surface area contributed by atoms with Crippen LogP contribution in [0.25, 0.3) is 0 Å². The van der Waals surface area contributed by atoms with E-state index in [1.54, 1.807) is 13.1 Å². The third-order valence-electron chi connectivity index (χ3n) is 1.65. The van der Waals surface area contributed by atoms with Crippen LogP contribution in [0.3, 0.4) is 0 Å². The summed E-state index contributed by atoms with van der Waals surface area (Å²) in [6.45, 7) is 4.04. The zero-order valence-corrected chi connectivity index (χ0v) is 7.55. The highest BCUT2D eigenvalue weighted by Gasteiger charge is 2.10. The number of carbonyl (C=O) groups is 1. The van der Waals surface area contributed by atoms with Gasteiger partial charge in [-0.25, -0.2) is 0 Å². The number of rotatable bonds is 2. The monoisotopic (exact) mass is 167 g/mol. The van der Waals surface area contributed by atoms with Gasteiger partial charge in [0.05, 0.1) is 0 Å². The van der Waals surface area contributed by atoms with E-state index in [1.807, 2.05) is 19.9 Å². The van der Waals surface area contributed by atoms with Gasteiger partial charge in [-0.05, 0) is 12.1 Å². The first kappa shape index (κ1) is 8.84. The summed E-state index contributed by atoms with van der Waals surface area (Å²) in [5.41, 5.74) is 0. The molecule has 0 aliphatic heterocycles. The molecule has 0 aromatic carbocycles. The van der Waals surface area contributed by atoms with E-state index in [1.165, 1.54) is 0 Å². The van der Waals surface area contributed by atoms with Crippen LogP contribution in [0.5, 0.6) is 0 Å². The summed E-state index contributed by atoms with van der Waals surface area (Å²) >= 11 is 0. The Bertz CT molecular complexity index is 276.